The quantitative estimate of drug-likeness (QED) is 0.464. The maximum absolute atomic E-state index is 6.75. The number of fused-ring (bicyclic) bond motifs is 2. The summed E-state index contributed by atoms with van der Waals surface area (Å²) in [6.07, 6.45) is 6.34. The van der Waals surface area contributed by atoms with Gasteiger partial charge in [-0.3, -0.25) is 0 Å². The minimum Gasteiger partial charge on any atom is -0.444 e. The molecule has 3 aromatic rings. The van der Waals surface area contributed by atoms with E-state index >= 15 is 0 Å². The molecule has 1 atom stereocenters. The SMILES string of the molecule is CCN(CC)c1ccc2c(c1)OC1(C=C2)Oc2cc(N(C)C)ccc2C=C1c1ccccc1. The first-order valence-electron chi connectivity index (χ1n) is 11.6. The fourth-order valence-electron chi connectivity index (χ4n) is 4.52. The molecule has 0 bridgehead atoms. The number of hydrogen-bond acceptors (Lipinski definition) is 4. The van der Waals surface area contributed by atoms with Crippen molar-refractivity contribution in [3.05, 3.63) is 89.5 Å². The van der Waals surface area contributed by atoms with Crippen LogP contribution in [0, 0.1) is 0 Å². The average Bonchev–Trinajstić information content (AvgIpc) is 2.84. The first kappa shape index (κ1) is 21.2. The third-order valence-corrected chi connectivity index (χ3v) is 6.40. The molecule has 2 heterocycles. The van der Waals surface area contributed by atoms with Crippen molar-refractivity contribution in [2.45, 2.75) is 19.6 Å². The molecule has 0 aromatic heterocycles. The van der Waals surface area contributed by atoms with Crippen molar-refractivity contribution >= 4 is 29.1 Å². The second-order valence-corrected chi connectivity index (χ2v) is 8.64. The molecule has 1 unspecified atom stereocenters. The molecule has 33 heavy (non-hydrogen) atoms. The van der Waals surface area contributed by atoms with Gasteiger partial charge in [0.25, 0.3) is 5.79 Å². The maximum Gasteiger partial charge on any atom is 0.299 e. The van der Waals surface area contributed by atoms with Gasteiger partial charge < -0.3 is 19.3 Å². The molecule has 4 nitrogen and oxygen atoms in total. The van der Waals surface area contributed by atoms with Crippen molar-refractivity contribution in [2.24, 2.45) is 0 Å². The number of ether oxygens (including phenoxy) is 2. The average molecular weight is 439 g/mol. The van der Waals surface area contributed by atoms with E-state index in [-0.39, 0.29) is 0 Å². The lowest BCUT2D eigenvalue weighted by Crippen LogP contribution is -2.44. The van der Waals surface area contributed by atoms with E-state index in [9.17, 15) is 0 Å². The van der Waals surface area contributed by atoms with Crippen molar-refractivity contribution < 1.29 is 9.47 Å². The van der Waals surface area contributed by atoms with E-state index in [0.717, 1.165) is 58.2 Å². The molecule has 0 saturated carbocycles. The van der Waals surface area contributed by atoms with E-state index in [1.165, 1.54) is 0 Å². The summed E-state index contributed by atoms with van der Waals surface area (Å²) >= 11 is 0. The largest absolute Gasteiger partial charge is 0.444 e. The molecule has 4 heteroatoms. The van der Waals surface area contributed by atoms with Gasteiger partial charge in [0, 0.05) is 73.5 Å². The summed E-state index contributed by atoms with van der Waals surface area (Å²) in [5.41, 5.74) is 6.41. The van der Waals surface area contributed by atoms with Crippen molar-refractivity contribution in [3.63, 3.8) is 0 Å². The summed E-state index contributed by atoms with van der Waals surface area (Å²) in [7, 11) is 4.07. The van der Waals surface area contributed by atoms with Crippen molar-refractivity contribution in [3.8, 4) is 11.5 Å². The predicted molar refractivity (Wildman–Crippen MR) is 138 cm³/mol. The van der Waals surface area contributed by atoms with Gasteiger partial charge in [-0.25, -0.2) is 0 Å². The molecule has 2 aliphatic heterocycles. The number of hydrogen-bond donors (Lipinski definition) is 0. The van der Waals surface area contributed by atoms with Crippen LogP contribution in [0.15, 0.2) is 72.8 Å². The number of benzene rings is 3. The van der Waals surface area contributed by atoms with E-state index in [1.54, 1.807) is 0 Å². The van der Waals surface area contributed by atoms with Crippen LogP contribution in [-0.2, 0) is 0 Å². The Morgan fingerprint density at radius 1 is 0.758 bits per heavy atom. The summed E-state index contributed by atoms with van der Waals surface area (Å²) in [5.74, 6) is 0.610. The molecule has 0 radical (unpaired) electrons. The Morgan fingerprint density at radius 3 is 2.09 bits per heavy atom. The molecule has 0 amide bonds. The lowest BCUT2D eigenvalue weighted by molar-refractivity contribution is -0.0211. The maximum atomic E-state index is 6.75. The van der Waals surface area contributed by atoms with Crippen LogP contribution in [-0.4, -0.2) is 33.0 Å². The van der Waals surface area contributed by atoms with Crippen LogP contribution in [0.3, 0.4) is 0 Å². The summed E-state index contributed by atoms with van der Waals surface area (Å²) in [4.78, 5) is 4.40. The van der Waals surface area contributed by atoms with Gasteiger partial charge in [0.05, 0.1) is 0 Å². The number of rotatable bonds is 5. The summed E-state index contributed by atoms with van der Waals surface area (Å²) < 4.78 is 13.5. The van der Waals surface area contributed by atoms with E-state index in [4.69, 9.17) is 9.47 Å². The van der Waals surface area contributed by atoms with Crippen LogP contribution in [0.1, 0.15) is 30.5 Å². The van der Waals surface area contributed by atoms with Crippen LogP contribution < -0.4 is 19.3 Å². The lowest BCUT2D eigenvalue weighted by atomic mass is 9.90. The van der Waals surface area contributed by atoms with Gasteiger partial charge in [-0.1, -0.05) is 30.3 Å². The molecular formula is C29H30N2O2. The third kappa shape index (κ3) is 3.76. The first-order chi connectivity index (χ1) is 16.0. The van der Waals surface area contributed by atoms with Gasteiger partial charge in [0.1, 0.15) is 11.5 Å². The minimum atomic E-state index is -1.03. The van der Waals surface area contributed by atoms with Crippen molar-refractivity contribution in [2.75, 3.05) is 37.0 Å². The van der Waals surface area contributed by atoms with Gasteiger partial charge in [-0.05, 0) is 55.8 Å². The van der Waals surface area contributed by atoms with E-state index in [2.05, 4.69) is 84.3 Å². The monoisotopic (exact) mass is 438 g/mol. The topological polar surface area (TPSA) is 24.9 Å². The Kier molecular flexibility index (Phi) is 5.37. The lowest BCUT2D eigenvalue weighted by Gasteiger charge is -2.40. The second-order valence-electron chi connectivity index (χ2n) is 8.64. The van der Waals surface area contributed by atoms with Crippen LogP contribution in [0.25, 0.3) is 17.7 Å². The Morgan fingerprint density at radius 2 is 1.39 bits per heavy atom. The Bertz CT molecular complexity index is 1230. The Hall–Kier alpha value is -3.66. The van der Waals surface area contributed by atoms with Crippen molar-refractivity contribution in [1.82, 2.24) is 0 Å². The first-order valence-corrected chi connectivity index (χ1v) is 11.6. The van der Waals surface area contributed by atoms with Gasteiger partial charge in [0.15, 0.2) is 0 Å². The standard InChI is InChI=1S/C29H30N2O2/c1-5-31(6-2)25-15-12-22-16-17-29(32-27(22)20-25)26(21-10-8-7-9-11-21)18-23-13-14-24(30(3)4)19-28(23)33-29/h7-20H,5-6H2,1-4H3. The third-order valence-electron chi connectivity index (χ3n) is 6.40. The Balaban J connectivity index is 1.63. The van der Waals surface area contributed by atoms with Crippen LogP contribution in [0.2, 0.25) is 0 Å². The second kappa shape index (κ2) is 8.36. The molecule has 2 aliphatic rings. The molecule has 0 N–H and O–H groups in total. The van der Waals surface area contributed by atoms with Crippen molar-refractivity contribution in [1.29, 1.82) is 0 Å². The zero-order valence-corrected chi connectivity index (χ0v) is 19.7. The highest BCUT2D eigenvalue weighted by Gasteiger charge is 2.43. The highest BCUT2D eigenvalue weighted by molar-refractivity contribution is 5.92. The minimum absolute atomic E-state index is 0.814. The smallest absolute Gasteiger partial charge is 0.299 e. The molecule has 0 aliphatic carbocycles. The van der Waals surface area contributed by atoms with Crippen LogP contribution in [0.4, 0.5) is 11.4 Å². The predicted octanol–water partition coefficient (Wildman–Crippen LogP) is 6.33. The van der Waals surface area contributed by atoms with Crippen LogP contribution in [0.5, 0.6) is 11.5 Å². The zero-order chi connectivity index (χ0) is 23.0. The zero-order valence-electron chi connectivity index (χ0n) is 19.7. The summed E-state index contributed by atoms with van der Waals surface area (Å²) in [5, 5.41) is 0. The Labute approximate surface area is 196 Å². The number of anilines is 2. The normalized spacial score (nSPS) is 18.0. The highest BCUT2D eigenvalue weighted by Crippen LogP contribution is 2.47. The molecular weight excluding hydrogens is 408 g/mol. The summed E-state index contributed by atoms with van der Waals surface area (Å²) in [6.45, 7) is 6.24. The van der Waals surface area contributed by atoms with Gasteiger partial charge >= 0.3 is 0 Å². The van der Waals surface area contributed by atoms with Gasteiger partial charge in [0.2, 0.25) is 0 Å². The number of nitrogens with zero attached hydrogens (tertiary/aromatic N) is 2. The van der Waals surface area contributed by atoms with Gasteiger partial charge in [-0.15, -0.1) is 0 Å². The molecule has 3 aromatic carbocycles. The van der Waals surface area contributed by atoms with E-state index in [0.29, 0.717) is 0 Å². The highest BCUT2D eigenvalue weighted by atomic mass is 16.7. The summed E-state index contributed by atoms with van der Waals surface area (Å²) in [6, 6.07) is 23.1. The molecule has 0 saturated heterocycles. The molecule has 5 rings (SSSR count). The van der Waals surface area contributed by atoms with E-state index < -0.39 is 5.79 Å². The molecule has 1 spiro atoms. The van der Waals surface area contributed by atoms with Crippen LogP contribution >= 0.6 is 0 Å². The molecule has 168 valence electrons. The van der Waals surface area contributed by atoms with Gasteiger partial charge in [-0.2, -0.15) is 0 Å². The van der Waals surface area contributed by atoms with E-state index in [1.807, 2.05) is 38.4 Å². The fraction of sp³-hybridized carbons (Fsp3) is 0.241. The molecule has 0 fully saturated rings. The fourth-order valence-corrected chi connectivity index (χ4v) is 4.52.